The number of nitrogens with zero attached hydrogens (tertiary/aromatic N) is 1. The molecule has 2 N–H and O–H groups in total. The number of fused-ring (bicyclic) bond motifs is 1. The molecule has 0 aliphatic rings. The van der Waals surface area contributed by atoms with E-state index >= 15 is 0 Å². The SMILES string of the molecule is CCCn1c(=O)c(C(=O)NCC(=O)c2ccccc2)c(O)c2ccccc21. The Balaban J connectivity index is 1.95. The van der Waals surface area contributed by atoms with Crippen LogP contribution in [-0.2, 0) is 6.54 Å². The van der Waals surface area contributed by atoms with Gasteiger partial charge in [-0.2, -0.15) is 0 Å². The van der Waals surface area contributed by atoms with Gasteiger partial charge in [0.2, 0.25) is 0 Å². The van der Waals surface area contributed by atoms with Gasteiger partial charge in [0.05, 0.1) is 12.1 Å². The standard InChI is InChI=1S/C21H20N2O4/c1-2-12-23-16-11-7-6-10-15(16)19(25)18(21(23)27)20(26)22-13-17(24)14-8-4-3-5-9-14/h3-11,25H,2,12-13H2,1H3,(H,22,26). The van der Waals surface area contributed by atoms with Crippen molar-refractivity contribution in [2.75, 3.05) is 6.54 Å². The van der Waals surface area contributed by atoms with Crippen LogP contribution in [0.1, 0.15) is 34.1 Å². The van der Waals surface area contributed by atoms with Crippen LogP contribution in [0.15, 0.2) is 59.4 Å². The number of rotatable bonds is 6. The first kappa shape index (κ1) is 18.4. The molecule has 6 nitrogen and oxygen atoms in total. The molecule has 0 spiro atoms. The molecule has 3 rings (SSSR count). The molecule has 0 bridgehead atoms. The summed E-state index contributed by atoms with van der Waals surface area (Å²) in [5.74, 6) is -1.41. The summed E-state index contributed by atoms with van der Waals surface area (Å²) in [4.78, 5) is 37.6. The number of para-hydroxylation sites is 1. The van der Waals surface area contributed by atoms with E-state index in [2.05, 4.69) is 5.32 Å². The van der Waals surface area contributed by atoms with Crippen molar-refractivity contribution in [1.82, 2.24) is 9.88 Å². The van der Waals surface area contributed by atoms with E-state index in [0.717, 1.165) is 0 Å². The molecule has 138 valence electrons. The molecule has 0 radical (unpaired) electrons. The lowest BCUT2D eigenvalue weighted by Gasteiger charge is -2.14. The topological polar surface area (TPSA) is 88.4 Å². The summed E-state index contributed by atoms with van der Waals surface area (Å²) in [6, 6.07) is 15.4. The van der Waals surface area contributed by atoms with Crippen LogP contribution in [-0.4, -0.2) is 27.9 Å². The Kier molecular flexibility index (Phi) is 5.35. The maximum atomic E-state index is 12.8. The number of amides is 1. The fourth-order valence-electron chi connectivity index (χ4n) is 3.01. The lowest BCUT2D eigenvalue weighted by atomic mass is 10.1. The second-order valence-corrected chi connectivity index (χ2v) is 6.17. The van der Waals surface area contributed by atoms with Crippen molar-refractivity contribution < 1.29 is 14.7 Å². The lowest BCUT2D eigenvalue weighted by Crippen LogP contribution is -2.36. The number of Topliss-reactive ketones (excluding diaryl/α,β-unsaturated/α-hetero) is 1. The first-order valence-electron chi connectivity index (χ1n) is 8.75. The number of carbonyl (C=O) groups is 2. The lowest BCUT2D eigenvalue weighted by molar-refractivity contribution is 0.0901. The van der Waals surface area contributed by atoms with Crippen molar-refractivity contribution in [3.8, 4) is 5.75 Å². The molecule has 0 aliphatic carbocycles. The number of nitrogens with one attached hydrogen (secondary N) is 1. The van der Waals surface area contributed by atoms with Crippen molar-refractivity contribution in [1.29, 1.82) is 0 Å². The van der Waals surface area contributed by atoms with Gasteiger partial charge in [-0.15, -0.1) is 0 Å². The quantitative estimate of drug-likeness (QED) is 0.658. The van der Waals surface area contributed by atoms with Crippen LogP contribution in [0.2, 0.25) is 0 Å². The molecule has 3 aromatic rings. The minimum absolute atomic E-state index is 0.262. The van der Waals surface area contributed by atoms with Gasteiger partial charge in [0, 0.05) is 17.5 Å². The van der Waals surface area contributed by atoms with E-state index in [-0.39, 0.29) is 23.6 Å². The molecule has 27 heavy (non-hydrogen) atoms. The summed E-state index contributed by atoms with van der Waals surface area (Å²) in [5, 5.41) is 13.4. The minimum Gasteiger partial charge on any atom is -0.506 e. The molecule has 1 aromatic heterocycles. The van der Waals surface area contributed by atoms with Crippen LogP contribution < -0.4 is 10.9 Å². The predicted molar refractivity (Wildman–Crippen MR) is 103 cm³/mol. The molecule has 1 amide bonds. The summed E-state index contributed by atoms with van der Waals surface area (Å²) in [6.45, 7) is 2.08. The Bertz CT molecular complexity index is 1050. The van der Waals surface area contributed by atoms with E-state index in [1.807, 2.05) is 6.92 Å². The molecule has 0 saturated carbocycles. The molecular formula is C21H20N2O4. The van der Waals surface area contributed by atoms with Gasteiger partial charge in [-0.1, -0.05) is 49.4 Å². The fourth-order valence-corrected chi connectivity index (χ4v) is 3.01. The Labute approximate surface area is 156 Å². The zero-order valence-corrected chi connectivity index (χ0v) is 14.9. The Morgan fingerprint density at radius 1 is 1.04 bits per heavy atom. The van der Waals surface area contributed by atoms with Crippen LogP contribution in [0.3, 0.4) is 0 Å². The fraction of sp³-hybridized carbons (Fsp3) is 0.190. The minimum atomic E-state index is -0.766. The summed E-state index contributed by atoms with van der Waals surface area (Å²) in [5.41, 5.74) is 0.114. The van der Waals surface area contributed by atoms with Crippen LogP contribution in [0.5, 0.6) is 5.75 Å². The normalized spacial score (nSPS) is 10.7. The number of aromatic nitrogens is 1. The summed E-state index contributed by atoms with van der Waals surface area (Å²) in [7, 11) is 0. The second-order valence-electron chi connectivity index (χ2n) is 6.17. The van der Waals surface area contributed by atoms with Gasteiger partial charge in [-0.25, -0.2) is 0 Å². The maximum Gasteiger partial charge on any atom is 0.267 e. The van der Waals surface area contributed by atoms with Crippen LogP contribution in [0.25, 0.3) is 10.9 Å². The zero-order chi connectivity index (χ0) is 19.4. The van der Waals surface area contributed by atoms with E-state index in [1.165, 1.54) is 4.57 Å². The van der Waals surface area contributed by atoms with Gasteiger partial charge >= 0.3 is 0 Å². The van der Waals surface area contributed by atoms with Crippen molar-refractivity contribution >= 4 is 22.6 Å². The van der Waals surface area contributed by atoms with E-state index in [1.54, 1.807) is 54.6 Å². The van der Waals surface area contributed by atoms with Gasteiger partial charge in [-0.05, 0) is 18.6 Å². The van der Waals surface area contributed by atoms with Crippen molar-refractivity contribution in [2.45, 2.75) is 19.9 Å². The highest BCUT2D eigenvalue weighted by atomic mass is 16.3. The molecule has 1 heterocycles. The van der Waals surface area contributed by atoms with E-state index in [9.17, 15) is 19.5 Å². The highest BCUT2D eigenvalue weighted by molar-refractivity contribution is 6.05. The molecule has 6 heteroatoms. The number of hydrogen-bond donors (Lipinski definition) is 2. The highest BCUT2D eigenvalue weighted by Gasteiger charge is 2.22. The van der Waals surface area contributed by atoms with E-state index in [4.69, 9.17) is 0 Å². The van der Waals surface area contributed by atoms with Gasteiger partial charge in [0.1, 0.15) is 11.3 Å². The van der Waals surface area contributed by atoms with Gasteiger partial charge < -0.3 is 15.0 Å². The Morgan fingerprint density at radius 2 is 1.70 bits per heavy atom. The zero-order valence-electron chi connectivity index (χ0n) is 14.9. The first-order chi connectivity index (χ1) is 13.0. The summed E-state index contributed by atoms with van der Waals surface area (Å²) in [6.07, 6.45) is 0.697. The van der Waals surface area contributed by atoms with Gasteiger partial charge in [-0.3, -0.25) is 14.4 Å². The molecule has 0 saturated heterocycles. The van der Waals surface area contributed by atoms with Gasteiger partial charge in [0.15, 0.2) is 5.78 Å². The van der Waals surface area contributed by atoms with Crippen molar-refractivity contribution in [3.05, 3.63) is 76.1 Å². The largest absolute Gasteiger partial charge is 0.506 e. The monoisotopic (exact) mass is 364 g/mol. The summed E-state index contributed by atoms with van der Waals surface area (Å²) < 4.78 is 1.48. The molecule has 0 unspecified atom stereocenters. The third-order valence-corrected chi connectivity index (χ3v) is 4.33. The Hall–Kier alpha value is -3.41. The average Bonchev–Trinajstić information content (AvgIpc) is 2.70. The third-order valence-electron chi connectivity index (χ3n) is 4.33. The van der Waals surface area contributed by atoms with Crippen LogP contribution >= 0.6 is 0 Å². The number of aromatic hydroxyl groups is 1. The molecule has 0 atom stereocenters. The second kappa shape index (κ2) is 7.86. The Morgan fingerprint density at radius 3 is 2.41 bits per heavy atom. The number of pyridine rings is 1. The van der Waals surface area contributed by atoms with E-state index in [0.29, 0.717) is 29.4 Å². The third kappa shape index (κ3) is 3.60. The smallest absolute Gasteiger partial charge is 0.267 e. The molecular weight excluding hydrogens is 344 g/mol. The average molecular weight is 364 g/mol. The molecule has 2 aromatic carbocycles. The van der Waals surface area contributed by atoms with Crippen LogP contribution in [0.4, 0.5) is 0 Å². The predicted octanol–water partition coefficient (Wildman–Crippen LogP) is 2.73. The van der Waals surface area contributed by atoms with E-state index < -0.39 is 11.5 Å². The molecule has 0 aliphatic heterocycles. The first-order valence-corrected chi connectivity index (χ1v) is 8.75. The van der Waals surface area contributed by atoms with Crippen molar-refractivity contribution in [2.24, 2.45) is 0 Å². The number of benzene rings is 2. The van der Waals surface area contributed by atoms with Crippen molar-refractivity contribution in [3.63, 3.8) is 0 Å². The number of aryl methyl sites for hydroxylation is 1. The summed E-state index contributed by atoms with van der Waals surface area (Å²) >= 11 is 0. The number of hydrogen-bond acceptors (Lipinski definition) is 4. The van der Waals surface area contributed by atoms with Crippen LogP contribution in [0, 0.1) is 0 Å². The highest BCUT2D eigenvalue weighted by Crippen LogP contribution is 2.26. The molecule has 0 fully saturated rings. The number of carbonyl (C=O) groups excluding carboxylic acids is 2. The number of ketones is 1. The maximum absolute atomic E-state index is 12.8. The van der Waals surface area contributed by atoms with Gasteiger partial charge in [0.25, 0.3) is 11.5 Å².